The number of benzene rings is 2. The third kappa shape index (κ3) is 4.37. The number of amides is 1. The molecule has 2 rings (SSSR count). The first kappa shape index (κ1) is 17.1. The van der Waals surface area contributed by atoms with Crippen LogP contribution in [0.4, 0.5) is 0 Å². The van der Waals surface area contributed by atoms with Crippen LogP contribution < -0.4 is 11.1 Å². The Labute approximate surface area is 144 Å². The summed E-state index contributed by atoms with van der Waals surface area (Å²) in [5.41, 5.74) is 8.03. The topological polar surface area (TPSA) is 55.1 Å². The zero-order chi connectivity index (χ0) is 16.2. The van der Waals surface area contributed by atoms with Gasteiger partial charge >= 0.3 is 0 Å². The molecule has 3 N–H and O–H groups in total. The van der Waals surface area contributed by atoms with Crippen molar-refractivity contribution in [1.29, 1.82) is 0 Å². The normalized spacial score (nSPS) is 14.2. The van der Waals surface area contributed by atoms with Crippen molar-refractivity contribution in [3.8, 4) is 0 Å². The molecule has 3 nitrogen and oxygen atoms in total. The molecule has 0 bridgehead atoms. The molecule has 1 amide bonds. The van der Waals surface area contributed by atoms with Crippen LogP contribution in [0.25, 0.3) is 0 Å². The Morgan fingerprint density at radius 1 is 0.909 bits per heavy atom. The smallest absolute Gasteiger partial charge is 0.272 e. The van der Waals surface area contributed by atoms with Gasteiger partial charge in [-0.1, -0.05) is 95.5 Å². The summed E-state index contributed by atoms with van der Waals surface area (Å²) in [4.78, 5) is 12.0. The lowest BCUT2D eigenvalue weighted by molar-refractivity contribution is -0.121. The van der Waals surface area contributed by atoms with E-state index in [-0.39, 0.29) is 0 Å². The molecule has 0 heterocycles. The van der Waals surface area contributed by atoms with Gasteiger partial charge in [-0.25, -0.2) is 0 Å². The second kappa shape index (κ2) is 7.34. The molecule has 0 aliphatic heterocycles. The Balaban J connectivity index is 2.32. The van der Waals surface area contributed by atoms with Crippen molar-refractivity contribution < 1.29 is 4.79 Å². The van der Waals surface area contributed by atoms with Crippen molar-refractivity contribution in [3.63, 3.8) is 0 Å². The number of hydrogen-bond acceptors (Lipinski definition) is 2. The Morgan fingerprint density at radius 2 is 1.36 bits per heavy atom. The van der Waals surface area contributed by atoms with Crippen molar-refractivity contribution in [2.75, 3.05) is 0 Å². The summed E-state index contributed by atoms with van der Waals surface area (Å²) < 4.78 is -2.04. The number of carbonyl (C=O) groups is 1. The fourth-order valence-electron chi connectivity index (χ4n) is 2.13. The highest BCUT2D eigenvalue weighted by Crippen LogP contribution is 2.31. The Kier molecular flexibility index (Phi) is 5.70. The molecule has 22 heavy (non-hydrogen) atoms. The Morgan fingerprint density at radius 3 is 1.82 bits per heavy atom. The largest absolute Gasteiger partial charge is 0.344 e. The molecule has 0 aliphatic rings. The minimum absolute atomic E-state index is 0.472. The molecule has 0 spiro atoms. The molecule has 0 aliphatic carbocycles. The zero-order valence-electron chi connectivity index (χ0n) is 11.5. The fourth-order valence-corrected chi connectivity index (χ4v) is 2.30. The number of hydrogen-bond donors (Lipinski definition) is 2. The summed E-state index contributed by atoms with van der Waals surface area (Å²) in [7, 11) is 0. The van der Waals surface area contributed by atoms with Gasteiger partial charge < -0.3 is 11.1 Å². The fraction of sp³-hybridized carbons (Fsp3) is 0.188. The lowest BCUT2D eigenvalue weighted by atomic mass is 9.94. The van der Waals surface area contributed by atoms with E-state index in [1.54, 1.807) is 0 Å². The summed E-state index contributed by atoms with van der Waals surface area (Å²) in [5, 5.41) is 2.71. The van der Waals surface area contributed by atoms with Gasteiger partial charge in [-0.3, -0.25) is 4.79 Å². The van der Waals surface area contributed by atoms with Crippen molar-refractivity contribution >= 4 is 40.7 Å². The molecule has 2 aromatic carbocycles. The molecule has 6 heteroatoms. The Bertz CT molecular complexity index is 614. The van der Waals surface area contributed by atoms with Crippen LogP contribution in [0.5, 0.6) is 0 Å². The highest BCUT2D eigenvalue weighted by Gasteiger charge is 2.34. The van der Waals surface area contributed by atoms with E-state index in [9.17, 15) is 4.79 Å². The number of nitrogens with two attached hydrogens (primary N) is 1. The van der Waals surface area contributed by atoms with Crippen LogP contribution in [-0.2, 0) is 4.79 Å². The van der Waals surface area contributed by atoms with Gasteiger partial charge in [-0.2, -0.15) is 0 Å². The SMILES string of the molecule is N[C@@H](c1ccccc1)[C@@H](NC(=O)C(Cl)(Cl)Cl)c1ccccc1. The quantitative estimate of drug-likeness (QED) is 0.815. The van der Waals surface area contributed by atoms with E-state index in [4.69, 9.17) is 40.5 Å². The molecular formula is C16H15Cl3N2O. The van der Waals surface area contributed by atoms with Crippen LogP contribution in [0.2, 0.25) is 0 Å². The molecule has 0 aromatic heterocycles. The molecular weight excluding hydrogens is 343 g/mol. The van der Waals surface area contributed by atoms with Gasteiger partial charge in [0.2, 0.25) is 0 Å². The number of halogens is 3. The zero-order valence-corrected chi connectivity index (χ0v) is 13.8. The second-order valence-electron chi connectivity index (χ2n) is 4.80. The van der Waals surface area contributed by atoms with Crippen molar-refractivity contribution in [2.45, 2.75) is 15.9 Å². The predicted molar refractivity (Wildman–Crippen MR) is 91.0 cm³/mol. The number of rotatable bonds is 4. The van der Waals surface area contributed by atoms with E-state index >= 15 is 0 Å². The third-order valence-corrected chi connectivity index (χ3v) is 3.76. The van der Waals surface area contributed by atoms with Gasteiger partial charge in [0.1, 0.15) is 0 Å². The van der Waals surface area contributed by atoms with Gasteiger partial charge in [0.05, 0.1) is 12.1 Å². The van der Waals surface area contributed by atoms with E-state index in [0.29, 0.717) is 0 Å². The van der Waals surface area contributed by atoms with Gasteiger partial charge in [0, 0.05) is 0 Å². The average Bonchev–Trinajstić information content (AvgIpc) is 2.52. The van der Waals surface area contributed by atoms with E-state index in [0.717, 1.165) is 11.1 Å². The minimum atomic E-state index is -2.04. The number of nitrogens with one attached hydrogen (secondary N) is 1. The minimum Gasteiger partial charge on any atom is -0.344 e. The average molecular weight is 358 g/mol. The predicted octanol–water partition coefficient (Wildman–Crippen LogP) is 3.91. The second-order valence-corrected chi connectivity index (χ2v) is 7.08. The summed E-state index contributed by atoms with van der Waals surface area (Å²) in [5.74, 6) is -0.710. The first-order chi connectivity index (χ1) is 10.4. The third-order valence-electron chi connectivity index (χ3n) is 3.25. The summed E-state index contributed by atoms with van der Waals surface area (Å²) in [6.07, 6.45) is 0. The van der Waals surface area contributed by atoms with Crippen LogP contribution in [-0.4, -0.2) is 9.70 Å². The molecule has 2 aromatic rings. The van der Waals surface area contributed by atoms with Crippen LogP contribution in [0.15, 0.2) is 60.7 Å². The van der Waals surface area contributed by atoms with Gasteiger partial charge in [-0.15, -0.1) is 0 Å². The first-order valence-electron chi connectivity index (χ1n) is 6.63. The van der Waals surface area contributed by atoms with Gasteiger partial charge in [0.25, 0.3) is 9.70 Å². The summed E-state index contributed by atoms with van der Waals surface area (Å²) in [6, 6.07) is 17.8. The van der Waals surface area contributed by atoms with Gasteiger partial charge in [-0.05, 0) is 11.1 Å². The first-order valence-corrected chi connectivity index (χ1v) is 7.76. The van der Waals surface area contributed by atoms with Crippen molar-refractivity contribution in [3.05, 3.63) is 71.8 Å². The molecule has 2 atom stereocenters. The molecule has 0 unspecified atom stereocenters. The van der Waals surface area contributed by atoms with E-state index in [1.807, 2.05) is 60.7 Å². The van der Waals surface area contributed by atoms with Crippen LogP contribution in [0.1, 0.15) is 23.2 Å². The van der Waals surface area contributed by atoms with Crippen LogP contribution in [0.3, 0.4) is 0 Å². The van der Waals surface area contributed by atoms with Crippen molar-refractivity contribution in [2.24, 2.45) is 5.73 Å². The monoisotopic (exact) mass is 356 g/mol. The maximum Gasteiger partial charge on any atom is 0.272 e. The standard InChI is InChI=1S/C16H15Cl3N2O/c17-16(18,19)15(22)21-14(12-9-5-2-6-10-12)13(20)11-7-3-1-4-8-11/h1-10,13-14H,20H2,(H,21,22)/t13-,14-/m0/s1. The van der Waals surface area contributed by atoms with E-state index in [1.165, 1.54) is 0 Å². The molecule has 0 saturated carbocycles. The highest BCUT2D eigenvalue weighted by molar-refractivity contribution is 6.76. The summed E-state index contributed by atoms with van der Waals surface area (Å²) in [6.45, 7) is 0. The highest BCUT2D eigenvalue weighted by atomic mass is 35.6. The Hall–Kier alpha value is -1.26. The molecule has 0 saturated heterocycles. The van der Waals surface area contributed by atoms with E-state index in [2.05, 4.69) is 5.32 Å². The maximum absolute atomic E-state index is 12.0. The van der Waals surface area contributed by atoms with Crippen molar-refractivity contribution in [1.82, 2.24) is 5.32 Å². The lowest BCUT2D eigenvalue weighted by Gasteiger charge is -2.27. The number of carbonyl (C=O) groups excluding carboxylic acids is 1. The molecule has 116 valence electrons. The van der Waals surface area contributed by atoms with Crippen LogP contribution >= 0.6 is 34.8 Å². The van der Waals surface area contributed by atoms with Gasteiger partial charge in [0.15, 0.2) is 0 Å². The lowest BCUT2D eigenvalue weighted by Crippen LogP contribution is -2.41. The maximum atomic E-state index is 12.0. The number of alkyl halides is 3. The summed E-state index contributed by atoms with van der Waals surface area (Å²) >= 11 is 16.9. The molecule has 0 radical (unpaired) electrons. The van der Waals surface area contributed by atoms with E-state index < -0.39 is 21.8 Å². The van der Waals surface area contributed by atoms with Crippen LogP contribution in [0, 0.1) is 0 Å². The molecule has 0 fully saturated rings.